The van der Waals surface area contributed by atoms with Gasteiger partial charge in [-0.05, 0) is 37.0 Å². The van der Waals surface area contributed by atoms with Gasteiger partial charge in [-0.2, -0.15) is 0 Å². The molecular weight excluding hydrogens is 270 g/mol. The summed E-state index contributed by atoms with van der Waals surface area (Å²) in [5, 5.41) is 0. The molecule has 0 amide bonds. The molecule has 0 radical (unpaired) electrons. The van der Waals surface area contributed by atoms with E-state index in [1.165, 1.54) is 43.0 Å². The van der Waals surface area contributed by atoms with Crippen molar-refractivity contribution in [2.24, 2.45) is 11.3 Å². The van der Waals surface area contributed by atoms with Crippen LogP contribution in [0.5, 0.6) is 0 Å². The van der Waals surface area contributed by atoms with Gasteiger partial charge in [0.25, 0.3) is 0 Å². The molecule has 22 heavy (non-hydrogen) atoms. The maximum Gasteiger partial charge on any atom is 0.161 e. The molecule has 1 aromatic heterocycles. The summed E-state index contributed by atoms with van der Waals surface area (Å²) in [6.07, 6.45) is 4.89. The van der Waals surface area contributed by atoms with Crippen molar-refractivity contribution < 1.29 is 0 Å². The molecule has 1 saturated heterocycles. The Hall–Kier alpha value is -1.90. The summed E-state index contributed by atoms with van der Waals surface area (Å²) in [6.45, 7) is 4.79. The summed E-state index contributed by atoms with van der Waals surface area (Å²) in [4.78, 5) is 12.4. The number of fused-ring (bicyclic) bond motifs is 2. The Morgan fingerprint density at radius 2 is 2.00 bits per heavy atom. The van der Waals surface area contributed by atoms with Crippen LogP contribution in [0.15, 0.2) is 30.3 Å². The number of hydrogen-bond donors (Lipinski definition) is 0. The maximum absolute atomic E-state index is 5.00. The first-order valence-corrected chi connectivity index (χ1v) is 8.43. The zero-order chi connectivity index (χ0) is 14.7. The summed E-state index contributed by atoms with van der Waals surface area (Å²) < 4.78 is 0. The minimum absolute atomic E-state index is 0.559. The quantitative estimate of drug-likeness (QED) is 0.848. The van der Waals surface area contributed by atoms with Gasteiger partial charge in [-0.3, -0.25) is 0 Å². The van der Waals surface area contributed by atoms with Gasteiger partial charge in [-0.25, -0.2) is 9.97 Å². The van der Waals surface area contributed by atoms with Crippen molar-refractivity contribution in [1.82, 2.24) is 9.97 Å². The molecule has 2 aliphatic carbocycles. The molecule has 0 spiro atoms. The van der Waals surface area contributed by atoms with E-state index in [9.17, 15) is 0 Å². The highest BCUT2D eigenvalue weighted by atomic mass is 15.3. The molecule has 112 valence electrons. The van der Waals surface area contributed by atoms with Gasteiger partial charge in [0.05, 0.1) is 0 Å². The van der Waals surface area contributed by atoms with Crippen molar-refractivity contribution >= 4 is 5.82 Å². The third kappa shape index (κ3) is 1.81. The van der Waals surface area contributed by atoms with Crippen molar-refractivity contribution in [3.63, 3.8) is 0 Å². The van der Waals surface area contributed by atoms with Gasteiger partial charge in [0.1, 0.15) is 5.82 Å². The lowest BCUT2D eigenvalue weighted by atomic mass is 10.1. The van der Waals surface area contributed by atoms with Crippen molar-refractivity contribution in [2.75, 3.05) is 18.0 Å². The van der Waals surface area contributed by atoms with Crippen LogP contribution in [0.3, 0.4) is 0 Å². The van der Waals surface area contributed by atoms with Crippen molar-refractivity contribution in [1.29, 1.82) is 0 Å². The first-order chi connectivity index (χ1) is 10.7. The van der Waals surface area contributed by atoms with E-state index in [-0.39, 0.29) is 0 Å². The Morgan fingerprint density at radius 3 is 2.77 bits per heavy atom. The molecule has 2 atom stereocenters. The van der Waals surface area contributed by atoms with Crippen LogP contribution >= 0.6 is 0 Å². The minimum Gasteiger partial charge on any atom is -0.355 e. The zero-order valence-corrected chi connectivity index (χ0v) is 13.0. The number of piperidine rings is 1. The summed E-state index contributed by atoms with van der Waals surface area (Å²) in [5.41, 5.74) is 4.40. The van der Waals surface area contributed by atoms with Crippen LogP contribution in [0.2, 0.25) is 0 Å². The van der Waals surface area contributed by atoms with Gasteiger partial charge >= 0.3 is 0 Å². The second-order valence-electron chi connectivity index (χ2n) is 7.45. The van der Waals surface area contributed by atoms with Gasteiger partial charge in [-0.15, -0.1) is 0 Å². The third-order valence-electron chi connectivity index (χ3n) is 5.77. The van der Waals surface area contributed by atoms with Crippen molar-refractivity contribution in [3.8, 4) is 11.4 Å². The molecule has 0 bridgehead atoms. The highest BCUT2D eigenvalue weighted by Crippen LogP contribution is 2.58. The number of nitrogens with zero attached hydrogens (tertiary/aromatic N) is 3. The molecular formula is C19H21N3. The van der Waals surface area contributed by atoms with E-state index in [1.807, 2.05) is 6.07 Å². The summed E-state index contributed by atoms with van der Waals surface area (Å²) in [7, 11) is 0. The van der Waals surface area contributed by atoms with Gasteiger partial charge in [0, 0.05) is 29.9 Å². The summed E-state index contributed by atoms with van der Waals surface area (Å²) in [5.74, 6) is 3.02. The van der Waals surface area contributed by atoms with Crippen LogP contribution in [0, 0.1) is 11.3 Å². The fourth-order valence-electron chi connectivity index (χ4n) is 4.30. The Morgan fingerprint density at radius 1 is 1.14 bits per heavy atom. The molecule has 2 unspecified atom stereocenters. The van der Waals surface area contributed by atoms with E-state index in [1.54, 1.807) is 0 Å². The minimum atomic E-state index is 0.559. The molecule has 2 heterocycles. The van der Waals surface area contributed by atoms with E-state index in [0.717, 1.165) is 30.1 Å². The Kier molecular flexibility index (Phi) is 2.47. The Labute approximate surface area is 131 Å². The highest BCUT2D eigenvalue weighted by molar-refractivity contribution is 5.62. The second-order valence-corrected chi connectivity index (χ2v) is 7.45. The molecule has 1 aromatic carbocycles. The zero-order valence-electron chi connectivity index (χ0n) is 13.0. The molecule has 5 rings (SSSR count). The van der Waals surface area contributed by atoms with Gasteiger partial charge < -0.3 is 4.90 Å². The molecule has 2 aromatic rings. The number of hydrogen-bond acceptors (Lipinski definition) is 3. The number of aromatic nitrogens is 2. The van der Waals surface area contributed by atoms with E-state index in [0.29, 0.717) is 5.41 Å². The highest BCUT2D eigenvalue weighted by Gasteiger charge is 2.56. The average Bonchev–Trinajstić information content (AvgIpc) is 2.92. The van der Waals surface area contributed by atoms with E-state index in [4.69, 9.17) is 9.97 Å². The monoisotopic (exact) mass is 291 g/mol. The lowest BCUT2D eigenvalue weighted by Gasteiger charge is -2.23. The third-order valence-corrected chi connectivity index (χ3v) is 5.77. The summed E-state index contributed by atoms with van der Waals surface area (Å²) >= 11 is 0. The molecule has 2 fully saturated rings. The number of rotatable bonds is 2. The molecule has 3 aliphatic rings. The van der Waals surface area contributed by atoms with Crippen molar-refractivity contribution in [3.05, 3.63) is 41.6 Å². The van der Waals surface area contributed by atoms with Crippen molar-refractivity contribution in [2.45, 2.75) is 32.6 Å². The van der Waals surface area contributed by atoms with Crippen LogP contribution in [0.4, 0.5) is 5.82 Å². The van der Waals surface area contributed by atoms with Crippen LogP contribution in [0.1, 0.15) is 31.0 Å². The Balaban J connectivity index is 1.60. The predicted octanol–water partition coefficient (Wildman–Crippen LogP) is 3.48. The Bertz CT molecular complexity index is 740. The van der Waals surface area contributed by atoms with Crippen LogP contribution in [-0.4, -0.2) is 23.1 Å². The topological polar surface area (TPSA) is 29.0 Å². The van der Waals surface area contributed by atoms with Gasteiger partial charge in [-0.1, -0.05) is 37.3 Å². The van der Waals surface area contributed by atoms with Crippen LogP contribution < -0.4 is 4.90 Å². The van der Waals surface area contributed by atoms with Crippen LogP contribution in [-0.2, 0) is 12.8 Å². The predicted molar refractivity (Wildman–Crippen MR) is 87.9 cm³/mol. The lowest BCUT2D eigenvalue weighted by Crippen LogP contribution is -2.26. The van der Waals surface area contributed by atoms with E-state index < -0.39 is 0 Å². The average molecular weight is 291 g/mol. The number of aryl methyl sites for hydroxylation is 1. The SMILES string of the molecule is CC12CC1CN(c1nc(-c3ccccc3)nc3c1CCC3)C2. The second kappa shape index (κ2) is 4.31. The number of benzene rings is 1. The largest absolute Gasteiger partial charge is 0.355 e. The molecule has 3 nitrogen and oxygen atoms in total. The van der Waals surface area contributed by atoms with E-state index in [2.05, 4.69) is 36.1 Å². The molecule has 1 aliphatic heterocycles. The fraction of sp³-hybridized carbons (Fsp3) is 0.474. The summed E-state index contributed by atoms with van der Waals surface area (Å²) in [6, 6.07) is 10.4. The lowest BCUT2D eigenvalue weighted by molar-refractivity contribution is 0.595. The standard InChI is InChI=1S/C19H21N3/c1-19-10-14(19)11-22(12-19)18-15-8-5-9-16(15)20-17(21-18)13-6-3-2-4-7-13/h2-4,6-7,14H,5,8-12H2,1H3. The smallest absolute Gasteiger partial charge is 0.161 e. The van der Waals surface area contributed by atoms with Gasteiger partial charge in [0.2, 0.25) is 0 Å². The first-order valence-electron chi connectivity index (χ1n) is 8.43. The molecule has 1 saturated carbocycles. The fourth-order valence-corrected chi connectivity index (χ4v) is 4.30. The maximum atomic E-state index is 5.00. The number of anilines is 1. The normalized spacial score (nSPS) is 28.6. The molecule has 3 heteroatoms. The molecule has 0 N–H and O–H groups in total. The first kappa shape index (κ1) is 12.6. The van der Waals surface area contributed by atoms with Gasteiger partial charge in [0.15, 0.2) is 5.82 Å². The van der Waals surface area contributed by atoms with Crippen LogP contribution in [0.25, 0.3) is 11.4 Å². The van der Waals surface area contributed by atoms with E-state index >= 15 is 0 Å².